The first-order valence-corrected chi connectivity index (χ1v) is 5.73. The number of hydrogen-bond acceptors (Lipinski definition) is 4. The minimum atomic E-state index is -0.0412. The number of nitrogens with two attached hydrogens (primary N) is 1. The third kappa shape index (κ3) is 2.51. The van der Waals surface area contributed by atoms with Gasteiger partial charge in [-0.2, -0.15) is 0 Å². The quantitative estimate of drug-likeness (QED) is 0.808. The van der Waals surface area contributed by atoms with Gasteiger partial charge in [-0.15, -0.1) is 0 Å². The molecule has 0 amide bonds. The first-order valence-electron chi connectivity index (χ1n) is 5.73. The molecule has 0 unspecified atom stereocenters. The Morgan fingerprint density at radius 3 is 2.75 bits per heavy atom. The Bertz CT molecular complexity index is 331. The molecule has 0 aromatic carbocycles. The molecule has 0 spiro atoms. The first-order chi connectivity index (χ1) is 7.74. The van der Waals surface area contributed by atoms with E-state index < -0.39 is 0 Å². The maximum Gasteiger partial charge on any atom is 0.126 e. The summed E-state index contributed by atoms with van der Waals surface area (Å²) in [5.41, 5.74) is 7.00. The number of hydrogen-bond donors (Lipinski definition) is 2. The van der Waals surface area contributed by atoms with Crippen molar-refractivity contribution >= 4 is 5.82 Å². The molecule has 2 rings (SSSR count). The van der Waals surface area contributed by atoms with Crippen LogP contribution in [-0.4, -0.2) is 30.3 Å². The highest BCUT2D eigenvalue weighted by Gasteiger charge is 2.31. The molecule has 4 heteroatoms. The Morgan fingerprint density at radius 1 is 1.44 bits per heavy atom. The van der Waals surface area contributed by atoms with Gasteiger partial charge in [0.05, 0.1) is 5.54 Å². The number of nitrogens with one attached hydrogen (secondary N) is 1. The van der Waals surface area contributed by atoms with Gasteiger partial charge < -0.3 is 15.8 Å². The van der Waals surface area contributed by atoms with Crippen molar-refractivity contribution in [2.75, 3.05) is 25.1 Å². The second-order valence-electron chi connectivity index (χ2n) is 4.44. The highest BCUT2D eigenvalue weighted by molar-refractivity contribution is 5.39. The summed E-state index contributed by atoms with van der Waals surface area (Å²) in [6.45, 7) is 4.20. The van der Waals surface area contributed by atoms with E-state index in [0.29, 0.717) is 6.54 Å². The fourth-order valence-corrected chi connectivity index (χ4v) is 1.96. The molecule has 88 valence electrons. The number of aryl methyl sites for hydroxylation is 1. The molecule has 1 aliphatic heterocycles. The van der Waals surface area contributed by atoms with Crippen LogP contribution in [0, 0.1) is 6.92 Å². The summed E-state index contributed by atoms with van der Waals surface area (Å²) in [5, 5.41) is 3.46. The van der Waals surface area contributed by atoms with E-state index in [0.717, 1.165) is 31.9 Å². The van der Waals surface area contributed by atoms with Crippen molar-refractivity contribution in [3.8, 4) is 0 Å². The van der Waals surface area contributed by atoms with Gasteiger partial charge in [0.25, 0.3) is 0 Å². The fraction of sp³-hybridized carbons (Fsp3) is 0.583. The Balaban J connectivity index is 2.08. The summed E-state index contributed by atoms with van der Waals surface area (Å²) in [6.07, 6.45) is 3.75. The Morgan fingerprint density at radius 2 is 2.19 bits per heavy atom. The second-order valence-corrected chi connectivity index (χ2v) is 4.44. The van der Waals surface area contributed by atoms with Crippen molar-refractivity contribution in [3.05, 3.63) is 23.9 Å². The van der Waals surface area contributed by atoms with E-state index in [2.05, 4.69) is 16.4 Å². The van der Waals surface area contributed by atoms with Crippen LogP contribution in [-0.2, 0) is 4.74 Å². The molecule has 3 N–H and O–H groups in total. The molecule has 0 aliphatic carbocycles. The summed E-state index contributed by atoms with van der Waals surface area (Å²) in [7, 11) is 0. The summed E-state index contributed by atoms with van der Waals surface area (Å²) in [6, 6.07) is 4.06. The van der Waals surface area contributed by atoms with Gasteiger partial charge in [-0.1, -0.05) is 6.07 Å². The molecular formula is C12H19N3O. The molecule has 4 nitrogen and oxygen atoms in total. The van der Waals surface area contributed by atoms with Gasteiger partial charge in [0.1, 0.15) is 5.82 Å². The Labute approximate surface area is 96.2 Å². The molecule has 1 aromatic rings. The van der Waals surface area contributed by atoms with E-state index in [1.54, 1.807) is 0 Å². The topological polar surface area (TPSA) is 60.2 Å². The van der Waals surface area contributed by atoms with Crippen LogP contribution < -0.4 is 11.1 Å². The van der Waals surface area contributed by atoms with Crippen molar-refractivity contribution in [2.45, 2.75) is 25.3 Å². The third-order valence-corrected chi connectivity index (χ3v) is 3.15. The van der Waals surface area contributed by atoms with Crippen molar-refractivity contribution in [1.82, 2.24) is 4.98 Å². The monoisotopic (exact) mass is 221 g/mol. The highest BCUT2D eigenvalue weighted by atomic mass is 16.5. The van der Waals surface area contributed by atoms with Crippen molar-refractivity contribution in [2.24, 2.45) is 5.73 Å². The van der Waals surface area contributed by atoms with E-state index >= 15 is 0 Å². The molecule has 1 saturated heterocycles. The molecule has 1 aromatic heterocycles. The minimum absolute atomic E-state index is 0.0412. The number of ether oxygens (including phenoxy) is 1. The number of anilines is 1. The lowest BCUT2D eigenvalue weighted by atomic mass is 9.90. The average molecular weight is 221 g/mol. The fourth-order valence-electron chi connectivity index (χ4n) is 1.96. The van der Waals surface area contributed by atoms with E-state index in [-0.39, 0.29) is 5.54 Å². The van der Waals surface area contributed by atoms with Gasteiger partial charge in [-0.3, -0.25) is 0 Å². The third-order valence-electron chi connectivity index (χ3n) is 3.15. The van der Waals surface area contributed by atoms with Crippen LogP contribution in [0.4, 0.5) is 5.82 Å². The van der Waals surface area contributed by atoms with Crippen molar-refractivity contribution in [3.63, 3.8) is 0 Å². The lowest BCUT2D eigenvalue weighted by Crippen LogP contribution is -2.49. The number of nitrogens with zero attached hydrogens (tertiary/aromatic N) is 1. The summed E-state index contributed by atoms with van der Waals surface area (Å²) in [5.74, 6) is 0.901. The smallest absolute Gasteiger partial charge is 0.126 e. The van der Waals surface area contributed by atoms with Crippen LogP contribution in [0.15, 0.2) is 18.3 Å². The molecule has 1 aliphatic rings. The molecule has 0 atom stereocenters. The van der Waals surface area contributed by atoms with E-state index in [4.69, 9.17) is 10.5 Å². The van der Waals surface area contributed by atoms with Crippen LogP contribution in [0.1, 0.15) is 18.4 Å². The van der Waals surface area contributed by atoms with Gasteiger partial charge >= 0.3 is 0 Å². The SMILES string of the molecule is Cc1ccc(NC2(CN)CCOCC2)nc1. The van der Waals surface area contributed by atoms with Crippen LogP contribution in [0.3, 0.4) is 0 Å². The highest BCUT2D eigenvalue weighted by Crippen LogP contribution is 2.24. The van der Waals surface area contributed by atoms with Crippen LogP contribution in [0.25, 0.3) is 0 Å². The molecule has 1 fully saturated rings. The summed E-state index contributed by atoms with van der Waals surface area (Å²) < 4.78 is 5.37. The van der Waals surface area contributed by atoms with E-state index in [1.807, 2.05) is 19.2 Å². The Hall–Kier alpha value is -1.13. The van der Waals surface area contributed by atoms with Crippen LogP contribution >= 0.6 is 0 Å². The average Bonchev–Trinajstić information content (AvgIpc) is 2.33. The zero-order chi connectivity index (χ0) is 11.4. The first kappa shape index (κ1) is 11.4. The zero-order valence-electron chi connectivity index (χ0n) is 9.70. The standard InChI is InChI=1S/C12H19N3O/c1-10-2-3-11(14-8-10)15-12(9-13)4-6-16-7-5-12/h2-3,8H,4-7,9,13H2,1H3,(H,14,15). The predicted molar refractivity (Wildman–Crippen MR) is 64.4 cm³/mol. The largest absolute Gasteiger partial charge is 0.381 e. The lowest BCUT2D eigenvalue weighted by Gasteiger charge is -2.37. The minimum Gasteiger partial charge on any atom is -0.381 e. The number of aromatic nitrogens is 1. The van der Waals surface area contributed by atoms with Gasteiger partial charge in [-0.25, -0.2) is 4.98 Å². The molecule has 2 heterocycles. The molecule has 0 radical (unpaired) electrons. The maximum atomic E-state index is 5.87. The normalized spacial score (nSPS) is 19.4. The number of pyridine rings is 1. The Kier molecular flexibility index (Phi) is 3.41. The predicted octanol–water partition coefficient (Wildman–Crippen LogP) is 1.31. The van der Waals surface area contributed by atoms with E-state index in [9.17, 15) is 0 Å². The molecular weight excluding hydrogens is 202 g/mol. The lowest BCUT2D eigenvalue weighted by molar-refractivity contribution is 0.0627. The molecule has 0 bridgehead atoms. The maximum absolute atomic E-state index is 5.87. The van der Waals surface area contributed by atoms with Crippen LogP contribution in [0.5, 0.6) is 0 Å². The van der Waals surface area contributed by atoms with Crippen molar-refractivity contribution in [1.29, 1.82) is 0 Å². The van der Waals surface area contributed by atoms with E-state index in [1.165, 1.54) is 5.56 Å². The zero-order valence-corrected chi connectivity index (χ0v) is 9.70. The molecule has 16 heavy (non-hydrogen) atoms. The van der Waals surface area contributed by atoms with Gasteiger partial charge in [0.2, 0.25) is 0 Å². The molecule has 0 saturated carbocycles. The summed E-state index contributed by atoms with van der Waals surface area (Å²) in [4.78, 5) is 4.36. The van der Waals surface area contributed by atoms with Gasteiger partial charge in [0.15, 0.2) is 0 Å². The van der Waals surface area contributed by atoms with Crippen LogP contribution in [0.2, 0.25) is 0 Å². The second kappa shape index (κ2) is 4.80. The van der Waals surface area contributed by atoms with Gasteiger partial charge in [0, 0.05) is 26.0 Å². The van der Waals surface area contributed by atoms with Crippen molar-refractivity contribution < 1.29 is 4.74 Å². The summed E-state index contributed by atoms with van der Waals surface area (Å²) >= 11 is 0. The number of rotatable bonds is 3. The van der Waals surface area contributed by atoms with Gasteiger partial charge in [-0.05, 0) is 31.4 Å².